The molecule has 1 aromatic carbocycles. The maximum atomic E-state index is 12.1. The maximum Gasteiger partial charge on any atom is 0.335 e. The van der Waals surface area contributed by atoms with Gasteiger partial charge in [0.25, 0.3) is 0 Å². The van der Waals surface area contributed by atoms with Gasteiger partial charge in [0, 0.05) is 6.04 Å². The summed E-state index contributed by atoms with van der Waals surface area (Å²) in [6.07, 6.45) is 0. The molecule has 96 valence electrons. The summed E-state index contributed by atoms with van der Waals surface area (Å²) in [7, 11) is 0. The van der Waals surface area contributed by atoms with E-state index in [0.717, 1.165) is 5.69 Å². The lowest BCUT2D eigenvalue weighted by Gasteiger charge is -2.36. The third-order valence-corrected chi connectivity index (χ3v) is 3.00. The summed E-state index contributed by atoms with van der Waals surface area (Å²) < 4.78 is 0. The van der Waals surface area contributed by atoms with Crippen LogP contribution >= 0.6 is 0 Å². The normalized spacial score (nSPS) is 18.6. The molecule has 18 heavy (non-hydrogen) atoms. The smallest absolute Gasteiger partial charge is 0.335 e. The highest BCUT2D eigenvalue weighted by Crippen LogP contribution is 2.33. The number of hydrogen-bond donors (Lipinski definition) is 2. The van der Waals surface area contributed by atoms with Gasteiger partial charge in [-0.3, -0.25) is 4.79 Å². The Morgan fingerprint density at radius 2 is 2.11 bits per heavy atom. The number of nitrogens with zero attached hydrogens (tertiary/aromatic N) is 1. The van der Waals surface area contributed by atoms with Crippen LogP contribution in [0.1, 0.15) is 31.1 Å². The largest absolute Gasteiger partial charge is 0.478 e. The van der Waals surface area contributed by atoms with E-state index in [-0.39, 0.29) is 23.6 Å². The van der Waals surface area contributed by atoms with Crippen LogP contribution in [0.5, 0.6) is 0 Å². The highest BCUT2D eigenvalue weighted by atomic mass is 16.4. The third kappa shape index (κ3) is 1.92. The van der Waals surface area contributed by atoms with Gasteiger partial charge in [-0.1, -0.05) is 0 Å². The van der Waals surface area contributed by atoms with Crippen LogP contribution in [0.4, 0.5) is 11.4 Å². The van der Waals surface area contributed by atoms with Gasteiger partial charge in [0.1, 0.15) is 6.04 Å². The molecule has 1 aliphatic heterocycles. The second-order valence-electron chi connectivity index (χ2n) is 4.71. The number of carboxylic acids is 1. The number of anilines is 2. The van der Waals surface area contributed by atoms with E-state index >= 15 is 0 Å². The molecule has 0 bridgehead atoms. The first-order valence-corrected chi connectivity index (χ1v) is 5.88. The molecule has 5 nitrogen and oxygen atoms in total. The van der Waals surface area contributed by atoms with Crippen LogP contribution in [0.25, 0.3) is 0 Å². The van der Waals surface area contributed by atoms with Crippen LogP contribution in [-0.4, -0.2) is 29.1 Å². The summed E-state index contributed by atoms with van der Waals surface area (Å²) in [6, 6.07) is 4.45. The minimum atomic E-state index is -0.972. The fourth-order valence-corrected chi connectivity index (χ4v) is 2.15. The molecule has 2 N–H and O–H groups in total. The number of carbonyl (C=O) groups is 2. The van der Waals surface area contributed by atoms with E-state index < -0.39 is 5.97 Å². The SMILES string of the molecule is CC1Nc2cc(C(=O)O)ccc2N(C(C)C)C1=O. The topological polar surface area (TPSA) is 69.6 Å². The number of aromatic carboxylic acids is 1. The summed E-state index contributed by atoms with van der Waals surface area (Å²) in [5.41, 5.74) is 1.64. The average molecular weight is 248 g/mol. The monoisotopic (exact) mass is 248 g/mol. The van der Waals surface area contributed by atoms with Gasteiger partial charge in [0.15, 0.2) is 0 Å². The second kappa shape index (κ2) is 4.33. The molecule has 1 heterocycles. The van der Waals surface area contributed by atoms with Crippen molar-refractivity contribution in [3.05, 3.63) is 23.8 Å². The number of fused-ring (bicyclic) bond motifs is 1. The number of rotatable bonds is 2. The Morgan fingerprint density at radius 1 is 1.44 bits per heavy atom. The van der Waals surface area contributed by atoms with Gasteiger partial charge in [-0.15, -0.1) is 0 Å². The van der Waals surface area contributed by atoms with Gasteiger partial charge < -0.3 is 15.3 Å². The quantitative estimate of drug-likeness (QED) is 0.839. The van der Waals surface area contributed by atoms with Gasteiger partial charge in [0.05, 0.1) is 16.9 Å². The van der Waals surface area contributed by atoms with Gasteiger partial charge in [-0.2, -0.15) is 0 Å². The second-order valence-corrected chi connectivity index (χ2v) is 4.71. The summed E-state index contributed by atoms with van der Waals surface area (Å²) >= 11 is 0. The summed E-state index contributed by atoms with van der Waals surface area (Å²) in [5.74, 6) is -0.971. The Hall–Kier alpha value is -2.04. The van der Waals surface area contributed by atoms with E-state index in [9.17, 15) is 9.59 Å². The van der Waals surface area contributed by atoms with Crippen molar-refractivity contribution in [1.82, 2.24) is 0 Å². The van der Waals surface area contributed by atoms with Gasteiger partial charge in [-0.25, -0.2) is 4.79 Å². The zero-order valence-corrected chi connectivity index (χ0v) is 10.6. The maximum absolute atomic E-state index is 12.1. The van der Waals surface area contributed by atoms with Crippen molar-refractivity contribution in [2.24, 2.45) is 0 Å². The predicted molar refractivity (Wildman–Crippen MR) is 69.1 cm³/mol. The molecule has 2 rings (SSSR count). The molecule has 0 spiro atoms. The molecule has 0 aromatic heterocycles. The van der Waals surface area contributed by atoms with Crippen LogP contribution in [-0.2, 0) is 4.79 Å². The first-order valence-electron chi connectivity index (χ1n) is 5.88. The first kappa shape index (κ1) is 12.4. The Bertz CT molecular complexity index is 511. The van der Waals surface area contributed by atoms with Crippen LogP contribution in [0.15, 0.2) is 18.2 Å². The van der Waals surface area contributed by atoms with E-state index in [1.807, 2.05) is 13.8 Å². The highest BCUT2D eigenvalue weighted by molar-refractivity contribution is 6.06. The fourth-order valence-electron chi connectivity index (χ4n) is 2.15. The number of amides is 1. The van der Waals surface area contributed by atoms with E-state index in [0.29, 0.717) is 5.69 Å². The number of hydrogen-bond acceptors (Lipinski definition) is 3. The fraction of sp³-hybridized carbons (Fsp3) is 0.385. The van der Waals surface area contributed by atoms with E-state index in [1.54, 1.807) is 24.0 Å². The zero-order chi connectivity index (χ0) is 13.4. The molecule has 0 saturated heterocycles. The number of nitrogens with one attached hydrogen (secondary N) is 1. The molecule has 0 radical (unpaired) electrons. The first-order chi connectivity index (χ1) is 8.41. The Balaban J connectivity index is 2.52. The molecule has 1 unspecified atom stereocenters. The molecule has 1 atom stereocenters. The molecule has 0 saturated carbocycles. The summed E-state index contributed by atoms with van der Waals surface area (Å²) in [4.78, 5) is 24.7. The van der Waals surface area contributed by atoms with E-state index in [4.69, 9.17) is 5.11 Å². The molecular formula is C13H16N2O3. The molecule has 0 aliphatic carbocycles. The van der Waals surface area contributed by atoms with Gasteiger partial charge in [-0.05, 0) is 39.0 Å². The summed E-state index contributed by atoms with van der Waals surface area (Å²) in [5, 5.41) is 12.0. The predicted octanol–water partition coefficient (Wildman–Crippen LogP) is 1.94. The van der Waals surface area contributed by atoms with Crippen molar-refractivity contribution in [1.29, 1.82) is 0 Å². The number of carboxylic acid groups (broad SMARTS) is 1. The van der Waals surface area contributed by atoms with Crippen LogP contribution in [0, 0.1) is 0 Å². The molecule has 5 heteroatoms. The Kier molecular flexibility index (Phi) is 2.98. The highest BCUT2D eigenvalue weighted by Gasteiger charge is 2.31. The lowest BCUT2D eigenvalue weighted by atomic mass is 10.1. The summed E-state index contributed by atoms with van der Waals surface area (Å²) in [6.45, 7) is 5.64. The van der Waals surface area contributed by atoms with Crippen molar-refractivity contribution in [2.75, 3.05) is 10.2 Å². The average Bonchev–Trinajstić information content (AvgIpc) is 2.29. The van der Waals surface area contributed by atoms with Crippen molar-refractivity contribution in [3.63, 3.8) is 0 Å². The minimum Gasteiger partial charge on any atom is -0.478 e. The van der Waals surface area contributed by atoms with Gasteiger partial charge in [0.2, 0.25) is 5.91 Å². The Morgan fingerprint density at radius 3 is 2.67 bits per heavy atom. The lowest BCUT2D eigenvalue weighted by molar-refractivity contribution is -0.119. The molecular weight excluding hydrogens is 232 g/mol. The van der Waals surface area contributed by atoms with Crippen molar-refractivity contribution < 1.29 is 14.7 Å². The third-order valence-electron chi connectivity index (χ3n) is 3.00. The Labute approximate surface area is 105 Å². The van der Waals surface area contributed by atoms with Crippen LogP contribution in [0.3, 0.4) is 0 Å². The molecule has 0 fully saturated rings. The minimum absolute atomic E-state index is 0.000532. The van der Waals surface area contributed by atoms with Crippen LogP contribution < -0.4 is 10.2 Å². The zero-order valence-electron chi connectivity index (χ0n) is 10.6. The molecule has 1 aromatic rings. The molecule has 1 aliphatic rings. The number of benzene rings is 1. The standard InChI is InChI=1S/C13H16N2O3/c1-7(2)15-11-5-4-9(13(17)18)6-10(11)14-8(3)12(15)16/h4-8,14H,1-3H3,(H,17,18). The van der Waals surface area contributed by atoms with Crippen molar-refractivity contribution >= 4 is 23.3 Å². The van der Waals surface area contributed by atoms with E-state index in [2.05, 4.69) is 5.32 Å². The van der Waals surface area contributed by atoms with E-state index in [1.165, 1.54) is 6.07 Å². The van der Waals surface area contributed by atoms with Crippen molar-refractivity contribution in [3.8, 4) is 0 Å². The van der Waals surface area contributed by atoms with Crippen LogP contribution in [0.2, 0.25) is 0 Å². The number of carbonyl (C=O) groups excluding carboxylic acids is 1. The lowest BCUT2D eigenvalue weighted by Crippen LogP contribution is -2.49. The van der Waals surface area contributed by atoms with Gasteiger partial charge >= 0.3 is 5.97 Å². The molecule has 1 amide bonds. The van der Waals surface area contributed by atoms with Crippen molar-refractivity contribution in [2.45, 2.75) is 32.9 Å².